The predicted molar refractivity (Wildman–Crippen MR) is 75.0 cm³/mol. The minimum atomic E-state index is -0.509. The maximum Gasteiger partial charge on any atom is 0.326 e. The first-order chi connectivity index (χ1) is 9.73. The van der Waals surface area contributed by atoms with E-state index >= 15 is 0 Å². The van der Waals surface area contributed by atoms with Crippen molar-refractivity contribution < 1.29 is 9.53 Å². The van der Waals surface area contributed by atoms with E-state index in [9.17, 15) is 4.79 Å². The maximum atomic E-state index is 12.4. The molecule has 1 saturated carbocycles. The summed E-state index contributed by atoms with van der Waals surface area (Å²) in [7, 11) is 0. The minimum Gasteiger partial charge on any atom is -0.465 e. The van der Waals surface area contributed by atoms with Gasteiger partial charge in [0.2, 0.25) is 0 Å². The Morgan fingerprint density at radius 1 is 1.55 bits per heavy atom. The van der Waals surface area contributed by atoms with Crippen LogP contribution in [0.4, 0.5) is 0 Å². The second-order valence-electron chi connectivity index (χ2n) is 5.26. The van der Waals surface area contributed by atoms with Gasteiger partial charge in [-0.3, -0.25) is 9.48 Å². The summed E-state index contributed by atoms with van der Waals surface area (Å²) in [5, 5.41) is 7.52. The number of ether oxygens (including phenoxy) is 1. The third-order valence-electron chi connectivity index (χ3n) is 4.13. The predicted octanol–water partition coefficient (Wildman–Crippen LogP) is 1.38. The monoisotopic (exact) mass is 280 g/mol. The number of carbonyl (C=O) groups is 1. The largest absolute Gasteiger partial charge is 0.465 e. The molecule has 1 fully saturated rings. The van der Waals surface area contributed by atoms with Gasteiger partial charge in [0.15, 0.2) is 0 Å². The summed E-state index contributed by atoms with van der Waals surface area (Å²) in [6.45, 7) is 5.89. The number of esters is 1. The van der Waals surface area contributed by atoms with Crippen molar-refractivity contribution in [2.45, 2.75) is 51.6 Å². The number of hydrogen-bond donors (Lipinski definition) is 1. The Hall–Kier alpha value is -1.43. The van der Waals surface area contributed by atoms with Crippen LogP contribution >= 0.6 is 0 Å². The quantitative estimate of drug-likeness (QED) is 0.764. The Labute approximate surface area is 119 Å². The van der Waals surface area contributed by atoms with Gasteiger partial charge in [-0.15, -0.1) is 0 Å². The topological polar surface area (TPSA) is 69.0 Å². The van der Waals surface area contributed by atoms with E-state index in [2.05, 4.69) is 15.4 Å². The highest BCUT2D eigenvalue weighted by Gasteiger charge is 2.49. The van der Waals surface area contributed by atoms with Crippen molar-refractivity contribution >= 4 is 5.97 Å². The summed E-state index contributed by atoms with van der Waals surface area (Å²) in [6.07, 6.45) is 7.15. The molecule has 2 rings (SSSR count). The first-order valence-corrected chi connectivity index (χ1v) is 7.47. The molecule has 1 aromatic rings. The number of nitrogens with zero attached hydrogens (tertiary/aromatic N) is 3. The van der Waals surface area contributed by atoms with E-state index in [-0.39, 0.29) is 5.97 Å². The molecule has 0 radical (unpaired) electrons. The minimum absolute atomic E-state index is 0.0945. The highest BCUT2D eigenvalue weighted by Crippen LogP contribution is 2.39. The molecule has 20 heavy (non-hydrogen) atoms. The molecule has 1 aliphatic carbocycles. The third-order valence-corrected chi connectivity index (χ3v) is 4.13. The van der Waals surface area contributed by atoms with Gasteiger partial charge in [-0.05, 0) is 38.6 Å². The maximum absolute atomic E-state index is 12.4. The van der Waals surface area contributed by atoms with Gasteiger partial charge in [0.25, 0.3) is 0 Å². The SMILES string of the molecule is CCNC1(C(=O)OCC)CCCC1CCn1cncn1. The van der Waals surface area contributed by atoms with Gasteiger partial charge in [0.1, 0.15) is 18.2 Å². The van der Waals surface area contributed by atoms with Crippen LogP contribution in [0.15, 0.2) is 12.7 Å². The molecule has 0 amide bonds. The second-order valence-corrected chi connectivity index (χ2v) is 5.26. The zero-order valence-electron chi connectivity index (χ0n) is 12.3. The normalized spacial score (nSPS) is 25.8. The fraction of sp³-hybridized carbons (Fsp3) is 0.786. The highest BCUT2D eigenvalue weighted by molar-refractivity contribution is 5.81. The summed E-state index contributed by atoms with van der Waals surface area (Å²) in [6, 6.07) is 0. The lowest BCUT2D eigenvalue weighted by molar-refractivity contribution is -0.153. The molecule has 6 heteroatoms. The molecule has 1 aromatic heterocycles. The Balaban J connectivity index is 2.06. The van der Waals surface area contributed by atoms with Crippen molar-refractivity contribution in [3.05, 3.63) is 12.7 Å². The molecule has 0 aliphatic heterocycles. The van der Waals surface area contributed by atoms with Crippen molar-refractivity contribution in [3.63, 3.8) is 0 Å². The molecule has 2 unspecified atom stereocenters. The Kier molecular flexibility index (Phi) is 5.11. The van der Waals surface area contributed by atoms with Gasteiger partial charge in [0.05, 0.1) is 6.61 Å². The average molecular weight is 280 g/mol. The van der Waals surface area contributed by atoms with Crippen LogP contribution in [0.2, 0.25) is 0 Å². The van der Waals surface area contributed by atoms with Crippen molar-refractivity contribution in [1.29, 1.82) is 0 Å². The van der Waals surface area contributed by atoms with E-state index in [4.69, 9.17) is 4.74 Å². The summed E-state index contributed by atoms with van der Waals surface area (Å²) in [5.74, 6) is 0.202. The van der Waals surface area contributed by atoms with E-state index in [1.807, 2.05) is 18.5 Å². The average Bonchev–Trinajstić information content (AvgIpc) is 3.07. The lowest BCUT2D eigenvalue weighted by Crippen LogP contribution is -2.55. The summed E-state index contributed by atoms with van der Waals surface area (Å²) in [4.78, 5) is 16.4. The first kappa shape index (κ1) is 15.0. The molecular weight excluding hydrogens is 256 g/mol. The fourth-order valence-electron chi connectivity index (χ4n) is 3.25. The fourth-order valence-corrected chi connectivity index (χ4v) is 3.25. The molecule has 0 spiro atoms. The first-order valence-electron chi connectivity index (χ1n) is 7.47. The zero-order chi connectivity index (χ0) is 14.4. The highest BCUT2D eigenvalue weighted by atomic mass is 16.5. The van der Waals surface area contributed by atoms with Crippen LogP contribution < -0.4 is 5.32 Å². The molecule has 6 nitrogen and oxygen atoms in total. The van der Waals surface area contributed by atoms with Gasteiger partial charge in [-0.25, -0.2) is 4.98 Å². The summed E-state index contributed by atoms with van der Waals surface area (Å²) < 4.78 is 7.13. The number of aryl methyl sites for hydroxylation is 1. The van der Waals surface area contributed by atoms with Crippen molar-refractivity contribution in [1.82, 2.24) is 20.1 Å². The Morgan fingerprint density at radius 2 is 2.40 bits per heavy atom. The molecule has 1 heterocycles. The number of nitrogens with one attached hydrogen (secondary N) is 1. The summed E-state index contributed by atoms with van der Waals surface area (Å²) in [5.41, 5.74) is -0.509. The molecule has 1 aliphatic rings. The molecule has 2 atom stereocenters. The van der Waals surface area contributed by atoms with E-state index < -0.39 is 5.54 Å². The van der Waals surface area contributed by atoms with Gasteiger partial charge in [0, 0.05) is 6.54 Å². The lowest BCUT2D eigenvalue weighted by Gasteiger charge is -2.34. The molecule has 1 N–H and O–H groups in total. The van der Waals surface area contributed by atoms with E-state index in [1.165, 1.54) is 6.33 Å². The smallest absolute Gasteiger partial charge is 0.326 e. The van der Waals surface area contributed by atoms with Crippen LogP contribution in [-0.2, 0) is 16.1 Å². The van der Waals surface area contributed by atoms with Gasteiger partial charge < -0.3 is 10.1 Å². The molecule has 0 aromatic carbocycles. The second kappa shape index (κ2) is 6.83. The van der Waals surface area contributed by atoms with Crippen molar-refractivity contribution in [3.8, 4) is 0 Å². The number of hydrogen-bond acceptors (Lipinski definition) is 5. The Morgan fingerprint density at radius 3 is 3.05 bits per heavy atom. The number of carbonyl (C=O) groups excluding carboxylic acids is 1. The molecule has 112 valence electrons. The van der Waals surface area contributed by atoms with Crippen LogP contribution in [0.3, 0.4) is 0 Å². The lowest BCUT2D eigenvalue weighted by atomic mass is 9.84. The van der Waals surface area contributed by atoms with Crippen LogP contribution in [0.1, 0.15) is 39.5 Å². The van der Waals surface area contributed by atoms with Gasteiger partial charge >= 0.3 is 5.97 Å². The summed E-state index contributed by atoms with van der Waals surface area (Å²) >= 11 is 0. The molecule has 0 bridgehead atoms. The van der Waals surface area contributed by atoms with Crippen molar-refractivity contribution in [2.75, 3.05) is 13.2 Å². The standard InChI is InChI=1S/C14H24N4O2/c1-3-16-14(13(19)20-4-2)8-5-6-12(14)7-9-18-11-15-10-17-18/h10-12,16H,3-9H2,1-2H3. The number of likely N-dealkylation sites (N-methyl/N-ethyl adjacent to an activating group) is 1. The molecule has 0 saturated heterocycles. The Bertz CT molecular complexity index is 421. The van der Waals surface area contributed by atoms with Crippen LogP contribution in [-0.4, -0.2) is 39.4 Å². The van der Waals surface area contributed by atoms with Crippen LogP contribution in [0, 0.1) is 5.92 Å². The number of rotatable bonds is 7. The zero-order valence-corrected chi connectivity index (χ0v) is 12.3. The molecular formula is C14H24N4O2. The number of aromatic nitrogens is 3. The third kappa shape index (κ3) is 3.00. The van der Waals surface area contributed by atoms with Crippen molar-refractivity contribution in [2.24, 2.45) is 5.92 Å². The van der Waals surface area contributed by atoms with E-state index in [0.29, 0.717) is 12.5 Å². The van der Waals surface area contributed by atoms with Gasteiger partial charge in [-0.2, -0.15) is 5.10 Å². The van der Waals surface area contributed by atoms with E-state index in [1.54, 1.807) is 6.33 Å². The van der Waals surface area contributed by atoms with Crippen LogP contribution in [0.25, 0.3) is 0 Å². The van der Waals surface area contributed by atoms with Crippen LogP contribution in [0.5, 0.6) is 0 Å². The van der Waals surface area contributed by atoms with E-state index in [0.717, 1.165) is 38.8 Å². The van der Waals surface area contributed by atoms with Gasteiger partial charge in [-0.1, -0.05) is 13.3 Å².